The predicted molar refractivity (Wildman–Crippen MR) is 74.1 cm³/mol. The number of aliphatic hydroxyl groups excluding tert-OH is 1. The van der Waals surface area contributed by atoms with E-state index >= 15 is 0 Å². The Kier molecular flexibility index (Phi) is 4.66. The third-order valence-corrected chi connectivity index (χ3v) is 3.45. The Hall–Kier alpha value is -1.47. The van der Waals surface area contributed by atoms with Gasteiger partial charge in [-0.25, -0.2) is 0 Å². The molecule has 0 aliphatic rings. The van der Waals surface area contributed by atoms with E-state index < -0.39 is 0 Å². The maximum absolute atomic E-state index is 8.61. The number of hydrogen-bond donors (Lipinski definition) is 1. The van der Waals surface area contributed by atoms with Gasteiger partial charge in [0.05, 0.1) is 9.90 Å². The first kappa shape index (κ1) is 13.0. The maximum Gasteiger partial charge on any atom is 0.138 e. The molecule has 18 heavy (non-hydrogen) atoms. The number of para-hydroxylation sites is 1. The molecule has 1 aromatic carbocycles. The monoisotopic (exact) mass is 278 g/mol. The second-order valence-electron chi connectivity index (χ2n) is 3.44. The summed E-state index contributed by atoms with van der Waals surface area (Å²) in [4.78, 5) is 1.99. The molecule has 2 rings (SSSR count). The van der Waals surface area contributed by atoms with Crippen LogP contribution in [0, 0.1) is 11.8 Å². The summed E-state index contributed by atoms with van der Waals surface area (Å²) in [5.41, 5.74) is 0. The van der Waals surface area contributed by atoms with Gasteiger partial charge in [0.1, 0.15) is 19.0 Å². The fraction of sp³-hybridized carbons (Fsp3) is 0.143. The maximum atomic E-state index is 8.61. The fourth-order valence-electron chi connectivity index (χ4n) is 1.36. The van der Waals surface area contributed by atoms with Crippen molar-refractivity contribution in [2.45, 2.75) is 6.61 Å². The normalized spacial score (nSPS) is 9.67. The summed E-state index contributed by atoms with van der Waals surface area (Å²) in [5.74, 6) is 6.15. The summed E-state index contributed by atoms with van der Waals surface area (Å²) in [7, 11) is 0. The Bertz CT molecular complexity index is 581. The van der Waals surface area contributed by atoms with Crippen LogP contribution in [0.4, 0.5) is 0 Å². The van der Waals surface area contributed by atoms with Gasteiger partial charge in [0.15, 0.2) is 0 Å². The smallest absolute Gasteiger partial charge is 0.138 e. The first-order chi connectivity index (χ1) is 8.79. The van der Waals surface area contributed by atoms with Crippen LogP contribution >= 0.6 is 22.9 Å². The summed E-state index contributed by atoms with van der Waals surface area (Å²) in [6, 6.07) is 11.3. The van der Waals surface area contributed by atoms with Gasteiger partial charge in [-0.2, -0.15) is 0 Å². The van der Waals surface area contributed by atoms with Gasteiger partial charge in [0.2, 0.25) is 0 Å². The first-order valence-electron chi connectivity index (χ1n) is 5.35. The highest BCUT2D eigenvalue weighted by Gasteiger charge is 2.02. The van der Waals surface area contributed by atoms with E-state index in [4.69, 9.17) is 21.4 Å². The molecule has 0 atom stereocenters. The van der Waals surface area contributed by atoms with Gasteiger partial charge < -0.3 is 9.84 Å². The van der Waals surface area contributed by atoms with Crippen LogP contribution in [0.3, 0.4) is 0 Å². The molecule has 0 radical (unpaired) electrons. The molecule has 2 nitrogen and oxygen atoms in total. The fourth-order valence-corrected chi connectivity index (χ4v) is 2.35. The summed E-state index contributed by atoms with van der Waals surface area (Å²) in [5, 5.41) is 9.21. The third-order valence-electron chi connectivity index (χ3n) is 2.16. The zero-order chi connectivity index (χ0) is 12.8. The molecule has 0 fully saturated rings. The lowest BCUT2D eigenvalue weighted by atomic mass is 10.3. The lowest BCUT2D eigenvalue weighted by Gasteiger charge is -2.05. The highest BCUT2D eigenvalue weighted by atomic mass is 35.5. The molecular weight excluding hydrogens is 268 g/mol. The molecule has 0 unspecified atom stereocenters. The highest BCUT2D eigenvalue weighted by molar-refractivity contribution is 7.12. The molecular formula is C14H11ClO2S. The van der Waals surface area contributed by atoms with E-state index in [1.807, 2.05) is 30.3 Å². The molecule has 2 aromatic rings. The van der Waals surface area contributed by atoms with E-state index in [0.29, 0.717) is 17.4 Å². The summed E-state index contributed by atoms with van der Waals surface area (Å²) >= 11 is 7.54. The molecule has 0 saturated heterocycles. The van der Waals surface area contributed by atoms with Gasteiger partial charge in [-0.05, 0) is 24.3 Å². The zero-order valence-electron chi connectivity index (χ0n) is 9.52. The minimum absolute atomic E-state index is 0.122. The molecule has 92 valence electrons. The van der Waals surface area contributed by atoms with Crippen molar-refractivity contribution in [2.75, 3.05) is 6.61 Å². The van der Waals surface area contributed by atoms with Crippen LogP contribution in [-0.4, -0.2) is 11.7 Å². The molecule has 0 saturated carbocycles. The van der Waals surface area contributed by atoms with E-state index in [0.717, 1.165) is 9.75 Å². The molecule has 0 aliphatic heterocycles. The molecule has 0 bridgehead atoms. The van der Waals surface area contributed by atoms with Gasteiger partial charge in [-0.3, -0.25) is 0 Å². The van der Waals surface area contributed by atoms with Crippen molar-refractivity contribution >= 4 is 22.9 Å². The molecule has 0 amide bonds. The van der Waals surface area contributed by atoms with Crippen LogP contribution in [0.2, 0.25) is 5.02 Å². The molecule has 0 spiro atoms. The number of rotatable bonds is 3. The first-order valence-corrected chi connectivity index (χ1v) is 6.55. The number of benzene rings is 1. The Morgan fingerprint density at radius 1 is 1.22 bits per heavy atom. The Morgan fingerprint density at radius 3 is 2.83 bits per heavy atom. The second-order valence-corrected chi connectivity index (χ2v) is 5.02. The predicted octanol–water partition coefficient (Wildman–Crippen LogP) is 3.32. The highest BCUT2D eigenvalue weighted by Crippen LogP contribution is 2.25. The Morgan fingerprint density at radius 2 is 2.06 bits per heavy atom. The van der Waals surface area contributed by atoms with E-state index in [1.54, 1.807) is 17.4 Å². The summed E-state index contributed by atoms with van der Waals surface area (Å²) < 4.78 is 5.62. The van der Waals surface area contributed by atoms with E-state index in [9.17, 15) is 0 Å². The minimum Gasteiger partial charge on any atom is -0.487 e. The van der Waals surface area contributed by atoms with E-state index in [-0.39, 0.29) is 6.61 Å². The van der Waals surface area contributed by atoms with Crippen molar-refractivity contribution in [2.24, 2.45) is 0 Å². The van der Waals surface area contributed by atoms with E-state index in [2.05, 4.69) is 11.8 Å². The van der Waals surface area contributed by atoms with Crippen molar-refractivity contribution in [3.63, 3.8) is 0 Å². The van der Waals surface area contributed by atoms with Crippen LogP contribution in [0.5, 0.6) is 5.75 Å². The number of ether oxygens (including phenoxy) is 1. The van der Waals surface area contributed by atoms with Crippen LogP contribution in [0.25, 0.3) is 0 Å². The molecule has 0 aliphatic carbocycles. The van der Waals surface area contributed by atoms with Gasteiger partial charge in [0, 0.05) is 4.88 Å². The van der Waals surface area contributed by atoms with Gasteiger partial charge in [-0.15, -0.1) is 11.3 Å². The molecule has 1 heterocycles. The van der Waals surface area contributed by atoms with Crippen LogP contribution in [-0.2, 0) is 6.61 Å². The van der Waals surface area contributed by atoms with E-state index in [1.165, 1.54) is 0 Å². The van der Waals surface area contributed by atoms with Crippen molar-refractivity contribution in [1.29, 1.82) is 0 Å². The van der Waals surface area contributed by atoms with Crippen LogP contribution < -0.4 is 4.74 Å². The topological polar surface area (TPSA) is 29.5 Å². The number of aliphatic hydroxyl groups is 1. The second kappa shape index (κ2) is 6.46. The average Bonchev–Trinajstić information content (AvgIpc) is 2.83. The summed E-state index contributed by atoms with van der Waals surface area (Å²) in [6.45, 7) is 0.346. The third kappa shape index (κ3) is 3.51. The SMILES string of the molecule is OCC#Cc1ccc(COc2ccccc2Cl)s1. The largest absolute Gasteiger partial charge is 0.487 e. The number of hydrogen-bond acceptors (Lipinski definition) is 3. The van der Waals surface area contributed by atoms with Gasteiger partial charge >= 0.3 is 0 Å². The Balaban J connectivity index is 1.98. The van der Waals surface area contributed by atoms with Gasteiger partial charge in [-0.1, -0.05) is 35.6 Å². The van der Waals surface area contributed by atoms with Crippen molar-refractivity contribution < 1.29 is 9.84 Å². The average molecular weight is 279 g/mol. The molecule has 1 aromatic heterocycles. The van der Waals surface area contributed by atoms with Crippen molar-refractivity contribution in [3.05, 3.63) is 51.2 Å². The lowest BCUT2D eigenvalue weighted by Crippen LogP contribution is -1.92. The lowest BCUT2D eigenvalue weighted by molar-refractivity contribution is 0.310. The zero-order valence-corrected chi connectivity index (χ0v) is 11.1. The van der Waals surface area contributed by atoms with Crippen molar-refractivity contribution in [3.8, 4) is 17.6 Å². The number of halogens is 1. The molecule has 1 N–H and O–H groups in total. The molecule has 4 heteroatoms. The quantitative estimate of drug-likeness (QED) is 0.873. The van der Waals surface area contributed by atoms with Gasteiger partial charge in [0.25, 0.3) is 0 Å². The number of thiophene rings is 1. The Labute approximate surface area is 115 Å². The van der Waals surface area contributed by atoms with Crippen molar-refractivity contribution in [1.82, 2.24) is 0 Å². The van der Waals surface area contributed by atoms with Crippen LogP contribution in [0.15, 0.2) is 36.4 Å². The minimum atomic E-state index is -0.122. The summed E-state index contributed by atoms with van der Waals surface area (Å²) in [6.07, 6.45) is 0. The standard InChI is InChI=1S/C14H11ClO2S/c15-13-5-1-2-6-14(13)17-10-12-8-7-11(18-12)4-3-9-16/h1-2,5-8,16H,9-10H2. The van der Waals surface area contributed by atoms with Crippen LogP contribution in [0.1, 0.15) is 9.75 Å².